The van der Waals surface area contributed by atoms with Crippen LogP contribution in [0, 0.1) is 5.41 Å². The van der Waals surface area contributed by atoms with Crippen molar-refractivity contribution in [2.45, 2.75) is 32.1 Å². The SMILES string of the molecule is O=C(O)CC1(CN2CCCNC2=O)CCC1. The van der Waals surface area contributed by atoms with Crippen LogP contribution in [0.3, 0.4) is 0 Å². The summed E-state index contributed by atoms with van der Waals surface area (Å²) in [5.74, 6) is -0.753. The van der Waals surface area contributed by atoms with Gasteiger partial charge in [0, 0.05) is 19.6 Å². The standard InChI is InChI=1S/C11H18N2O3/c14-9(15)7-11(3-1-4-11)8-13-6-2-5-12-10(13)16/h1-8H2,(H,12,16)(H,14,15). The summed E-state index contributed by atoms with van der Waals surface area (Å²) in [7, 11) is 0. The molecule has 16 heavy (non-hydrogen) atoms. The number of carbonyl (C=O) groups excluding carboxylic acids is 1. The van der Waals surface area contributed by atoms with E-state index in [-0.39, 0.29) is 17.9 Å². The lowest BCUT2D eigenvalue weighted by Crippen LogP contribution is -2.52. The third kappa shape index (κ3) is 2.28. The van der Waals surface area contributed by atoms with Crippen LogP contribution >= 0.6 is 0 Å². The van der Waals surface area contributed by atoms with Crippen molar-refractivity contribution >= 4 is 12.0 Å². The zero-order valence-corrected chi connectivity index (χ0v) is 9.37. The molecule has 2 rings (SSSR count). The van der Waals surface area contributed by atoms with Gasteiger partial charge in [0.05, 0.1) is 6.42 Å². The van der Waals surface area contributed by atoms with E-state index in [1.54, 1.807) is 4.90 Å². The minimum atomic E-state index is -0.753. The van der Waals surface area contributed by atoms with Gasteiger partial charge in [-0.15, -0.1) is 0 Å². The van der Waals surface area contributed by atoms with Gasteiger partial charge in [0.2, 0.25) is 0 Å². The summed E-state index contributed by atoms with van der Waals surface area (Å²) in [5.41, 5.74) is -0.152. The van der Waals surface area contributed by atoms with Crippen LogP contribution in [0.1, 0.15) is 32.1 Å². The molecule has 2 amide bonds. The summed E-state index contributed by atoms with van der Waals surface area (Å²) in [6.07, 6.45) is 4.10. The Morgan fingerprint density at radius 1 is 1.44 bits per heavy atom. The Balaban J connectivity index is 1.95. The monoisotopic (exact) mass is 226 g/mol. The minimum absolute atomic E-state index is 0.0390. The number of carboxylic acids is 1. The molecular formula is C11H18N2O3. The second-order valence-corrected chi connectivity index (χ2v) is 4.93. The van der Waals surface area contributed by atoms with E-state index in [2.05, 4.69) is 5.32 Å². The van der Waals surface area contributed by atoms with Gasteiger partial charge >= 0.3 is 12.0 Å². The Morgan fingerprint density at radius 2 is 2.19 bits per heavy atom. The number of carboxylic acid groups (broad SMARTS) is 1. The minimum Gasteiger partial charge on any atom is -0.481 e. The highest BCUT2D eigenvalue weighted by atomic mass is 16.4. The van der Waals surface area contributed by atoms with E-state index < -0.39 is 5.97 Å². The number of hydrogen-bond acceptors (Lipinski definition) is 2. The molecule has 0 atom stereocenters. The molecule has 1 saturated carbocycles. The van der Waals surface area contributed by atoms with E-state index in [0.29, 0.717) is 6.54 Å². The molecule has 1 saturated heterocycles. The van der Waals surface area contributed by atoms with Crippen LogP contribution < -0.4 is 5.32 Å². The highest BCUT2D eigenvalue weighted by Gasteiger charge is 2.41. The van der Waals surface area contributed by atoms with Gasteiger partial charge in [-0.2, -0.15) is 0 Å². The molecule has 0 aromatic carbocycles. The van der Waals surface area contributed by atoms with E-state index in [1.807, 2.05) is 0 Å². The normalized spacial score (nSPS) is 23.5. The number of amides is 2. The molecule has 2 aliphatic rings. The van der Waals surface area contributed by atoms with Gasteiger partial charge in [-0.05, 0) is 24.7 Å². The molecule has 0 aromatic rings. The first-order chi connectivity index (χ1) is 7.61. The fourth-order valence-corrected chi connectivity index (χ4v) is 2.62. The molecule has 0 spiro atoms. The number of nitrogens with one attached hydrogen (secondary N) is 1. The van der Waals surface area contributed by atoms with E-state index in [4.69, 9.17) is 5.11 Å². The third-order valence-corrected chi connectivity index (χ3v) is 3.63. The fraction of sp³-hybridized carbons (Fsp3) is 0.818. The third-order valence-electron chi connectivity index (χ3n) is 3.63. The van der Waals surface area contributed by atoms with Crippen LogP contribution in [0.15, 0.2) is 0 Å². The molecule has 2 fully saturated rings. The van der Waals surface area contributed by atoms with E-state index in [9.17, 15) is 9.59 Å². The van der Waals surface area contributed by atoms with Gasteiger partial charge in [0.15, 0.2) is 0 Å². The zero-order valence-electron chi connectivity index (χ0n) is 9.37. The van der Waals surface area contributed by atoms with Gasteiger partial charge in [-0.1, -0.05) is 6.42 Å². The summed E-state index contributed by atoms with van der Waals surface area (Å²) in [6, 6.07) is -0.0390. The Labute approximate surface area is 94.8 Å². The first-order valence-corrected chi connectivity index (χ1v) is 5.86. The van der Waals surface area contributed by atoms with Crippen molar-refractivity contribution < 1.29 is 14.7 Å². The van der Waals surface area contributed by atoms with Gasteiger partial charge in [0.25, 0.3) is 0 Å². The number of carbonyl (C=O) groups is 2. The Kier molecular flexibility index (Phi) is 3.03. The van der Waals surface area contributed by atoms with Gasteiger partial charge in [-0.3, -0.25) is 4.79 Å². The lowest BCUT2D eigenvalue weighted by atomic mass is 9.66. The molecule has 1 heterocycles. The summed E-state index contributed by atoms with van der Waals surface area (Å²) < 4.78 is 0. The van der Waals surface area contributed by atoms with Crippen LogP contribution in [-0.2, 0) is 4.79 Å². The fourth-order valence-electron chi connectivity index (χ4n) is 2.62. The topological polar surface area (TPSA) is 69.6 Å². The van der Waals surface area contributed by atoms with E-state index >= 15 is 0 Å². The van der Waals surface area contributed by atoms with Crippen molar-refractivity contribution in [1.82, 2.24) is 10.2 Å². The number of nitrogens with zero attached hydrogens (tertiary/aromatic N) is 1. The van der Waals surface area contributed by atoms with Crippen LogP contribution in [0.5, 0.6) is 0 Å². The molecular weight excluding hydrogens is 208 g/mol. The lowest BCUT2D eigenvalue weighted by molar-refractivity contribution is -0.141. The maximum absolute atomic E-state index is 11.6. The van der Waals surface area contributed by atoms with Gasteiger partial charge in [0.1, 0.15) is 0 Å². The summed E-state index contributed by atoms with van der Waals surface area (Å²) in [4.78, 5) is 24.1. The lowest BCUT2D eigenvalue weighted by Gasteiger charge is -2.45. The van der Waals surface area contributed by atoms with Crippen LogP contribution in [0.25, 0.3) is 0 Å². The van der Waals surface area contributed by atoms with Gasteiger partial charge in [-0.25, -0.2) is 4.79 Å². The molecule has 0 bridgehead atoms. The molecule has 0 aromatic heterocycles. The first-order valence-electron chi connectivity index (χ1n) is 5.86. The molecule has 5 heteroatoms. The molecule has 2 N–H and O–H groups in total. The average Bonchev–Trinajstić information content (AvgIpc) is 2.17. The second-order valence-electron chi connectivity index (χ2n) is 4.93. The highest BCUT2D eigenvalue weighted by molar-refractivity contribution is 5.75. The van der Waals surface area contributed by atoms with Crippen LogP contribution in [0.2, 0.25) is 0 Å². The number of rotatable bonds is 4. The molecule has 1 aliphatic carbocycles. The van der Waals surface area contributed by atoms with E-state index in [1.165, 1.54) is 0 Å². The number of hydrogen-bond donors (Lipinski definition) is 2. The van der Waals surface area contributed by atoms with Crippen molar-refractivity contribution in [2.24, 2.45) is 5.41 Å². The first kappa shape index (κ1) is 11.2. The summed E-state index contributed by atoms with van der Waals surface area (Å²) in [5, 5.41) is 11.7. The van der Waals surface area contributed by atoms with Crippen molar-refractivity contribution in [3.8, 4) is 0 Å². The van der Waals surface area contributed by atoms with E-state index in [0.717, 1.165) is 38.8 Å². The van der Waals surface area contributed by atoms with Gasteiger partial charge < -0.3 is 15.3 Å². The Morgan fingerprint density at radius 3 is 2.69 bits per heavy atom. The average molecular weight is 226 g/mol. The van der Waals surface area contributed by atoms with Crippen LogP contribution in [0.4, 0.5) is 4.79 Å². The van der Waals surface area contributed by atoms with Crippen molar-refractivity contribution in [3.63, 3.8) is 0 Å². The highest BCUT2D eigenvalue weighted by Crippen LogP contribution is 2.44. The van der Waals surface area contributed by atoms with Crippen LogP contribution in [-0.4, -0.2) is 41.6 Å². The van der Waals surface area contributed by atoms with Crippen molar-refractivity contribution in [1.29, 1.82) is 0 Å². The van der Waals surface area contributed by atoms with Crippen molar-refractivity contribution in [3.05, 3.63) is 0 Å². The predicted octanol–water partition coefficient (Wildman–Crippen LogP) is 1.05. The Hall–Kier alpha value is -1.26. The largest absolute Gasteiger partial charge is 0.481 e. The molecule has 1 aliphatic heterocycles. The maximum Gasteiger partial charge on any atom is 0.317 e. The van der Waals surface area contributed by atoms with Crippen molar-refractivity contribution in [2.75, 3.05) is 19.6 Å². The smallest absolute Gasteiger partial charge is 0.317 e. The molecule has 0 unspecified atom stereocenters. The molecule has 0 radical (unpaired) electrons. The Bertz CT molecular complexity index is 300. The second kappa shape index (κ2) is 4.31. The number of aliphatic carboxylic acids is 1. The number of urea groups is 1. The molecule has 90 valence electrons. The summed E-state index contributed by atoms with van der Waals surface area (Å²) in [6.45, 7) is 2.10. The summed E-state index contributed by atoms with van der Waals surface area (Å²) >= 11 is 0. The quantitative estimate of drug-likeness (QED) is 0.752. The zero-order chi connectivity index (χ0) is 11.6. The maximum atomic E-state index is 11.6. The predicted molar refractivity (Wildman–Crippen MR) is 58.1 cm³/mol. The molecule has 5 nitrogen and oxygen atoms in total.